The lowest BCUT2D eigenvalue weighted by atomic mass is 9.96. The molecule has 1 aromatic carbocycles. The quantitative estimate of drug-likeness (QED) is 0.817. The Morgan fingerprint density at radius 2 is 2.00 bits per heavy atom. The van der Waals surface area contributed by atoms with Crippen molar-refractivity contribution < 1.29 is 4.79 Å². The van der Waals surface area contributed by atoms with Crippen molar-refractivity contribution in [3.63, 3.8) is 0 Å². The zero-order valence-electron chi connectivity index (χ0n) is 11.9. The molecule has 1 aliphatic carbocycles. The second-order valence-electron chi connectivity index (χ2n) is 5.73. The number of nitrogens with two attached hydrogens (primary N) is 1. The molecule has 2 rings (SSSR count). The van der Waals surface area contributed by atoms with Crippen LogP contribution in [0.25, 0.3) is 0 Å². The highest BCUT2D eigenvalue weighted by molar-refractivity contribution is 5.83. The molecule has 1 aliphatic rings. The summed E-state index contributed by atoms with van der Waals surface area (Å²) in [6, 6.07) is 7.86. The average Bonchev–Trinajstić information content (AvgIpc) is 2.91. The van der Waals surface area contributed by atoms with Crippen molar-refractivity contribution in [2.24, 2.45) is 5.92 Å². The highest BCUT2D eigenvalue weighted by atomic mass is 16.1. The third-order valence-electron chi connectivity index (χ3n) is 4.28. The Balaban J connectivity index is 1.95. The van der Waals surface area contributed by atoms with Crippen LogP contribution >= 0.6 is 0 Å². The number of amides is 1. The van der Waals surface area contributed by atoms with Crippen molar-refractivity contribution in [1.29, 1.82) is 0 Å². The summed E-state index contributed by atoms with van der Waals surface area (Å²) in [5.41, 5.74) is 7.46. The summed E-state index contributed by atoms with van der Waals surface area (Å²) >= 11 is 0. The zero-order chi connectivity index (χ0) is 13.8. The van der Waals surface area contributed by atoms with E-state index in [1.165, 1.54) is 25.7 Å². The van der Waals surface area contributed by atoms with E-state index in [4.69, 9.17) is 5.73 Å². The largest absolute Gasteiger partial charge is 0.399 e. The fourth-order valence-corrected chi connectivity index (χ4v) is 2.90. The van der Waals surface area contributed by atoms with Crippen LogP contribution in [0.2, 0.25) is 0 Å². The lowest BCUT2D eigenvalue weighted by Gasteiger charge is -2.22. The van der Waals surface area contributed by atoms with E-state index in [-0.39, 0.29) is 17.9 Å². The molecule has 1 fully saturated rings. The number of nitrogen functional groups attached to an aromatic ring is 1. The van der Waals surface area contributed by atoms with Crippen LogP contribution < -0.4 is 11.1 Å². The van der Waals surface area contributed by atoms with Gasteiger partial charge in [0.25, 0.3) is 0 Å². The van der Waals surface area contributed by atoms with Crippen LogP contribution in [-0.4, -0.2) is 11.9 Å². The number of nitrogens with one attached hydrogen (secondary N) is 1. The van der Waals surface area contributed by atoms with E-state index in [2.05, 4.69) is 12.2 Å². The second-order valence-corrected chi connectivity index (χ2v) is 5.73. The predicted molar refractivity (Wildman–Crippen MR) is 78.8 cm³/mol. The highest BCUT2D eigenvalue weighted by Gasteiger charge is 2.24. The maximum absolute atomic E-state index is 12.3. The zero-order valence-corrected chi connectivity index (χ0v) is 11.9. The van der Waals surface area contributed by atoms with Gasteiger partial charge in [-0.25, -0.2) is 0 Å². The second kappa shape index (κ2) is 6.09. The van der Waals surface area contributed by atoms with Crippen molar-refractivity contribution in [2.75, 3.05) is 5.73 Å². The molecule has 0 heterocycles. The van der Waals surface area contributed by atoms with E-state index in [0.29, 0.717) is 11.6 Å². The van der Waals surface area contributed by atoms with Crippen LogP contribution in [-0.2, 0) is 4.79 Å². The first-order valence-electron chi connectivity index (χ1n) is 7.23. The first kappa shape index (κ1) is 13.9. The van der Waals surface area contributed by atoms with Crippen LogP contribution in [0, 0.1) is 5.92 Å². The van der Waals surface area contributed by atoms with E-state index >= 15 is 0 Å². The van der Waals surface area contributed by atoms with Gasteiger partial charge in [0.15, 0.2) is 0 Å². The molecule has 0 saturated heterocycles. The van der Waals surface area contributed by atoms with Crippen molar-refractivity contribution in [2.45, 2.75) is 51.5 Å². The molecular formula is C16H24N2O. The van der Waals surface area contributed by atoms with Gasteiger partial charge in [0.2, 0.25) is 5.91 Å². The normalized spacial score (nSPS) is 19.1. The smallest absolute Gasteiger partial charge is 0.227 e. The highest BCUT2D eigenvalue weighted by Crippen LogP contribution is 2.28. The van der Waals surface area contributed by atoms with Crippen LogP contribution in [0.15, 0.2) is 24.3 Å². The molecule has 1 amide bonds. The van der Waals surface area contributed by atoms with Crippen LogP contribution in [0.4, 0.5) is 5.69 Å². The molecule has 3 nitrogen and oxygen atoms in total. The maximum Gasteiger partial charge on any atom is 0.227 e. The van der Waals surface area contributed by atoms with Crippen LogP contribution in [0.3, 0.4) is 0 Å². The van der Waals surface area contributed by atoms with Crippen LogP contribution in [0.5, 0.6) is 0 Å². The van der Waals surface area contributed by atoms with Gasteiger partial charge in [-0.05, 0) is 50.3 Å². The monoisotopic (exact) mass is 260 g/mol. The Morgan fingerprint density at radius 1 is 1.32 bits per heavy atom. The number of anilines is 1. The Morgan fingerprint density at radius 3 is 2.63 bits per heavy atom. The molecule has 3 heteroatoms. The van der Waals surface area contributed by atoms with Gasteiger partial charge in [-0.3, -0.25) is 4.79 Å². The van der Waals surface area contributed by atoms with Crippen molar-refractivity contribution in [3.05, 3.63) is 29.8 Å². The summed E-state index contributed by atoms with van der Waals surface area (Å²) in [6.07, 6.45) is 5.09. The Bertz CT molecular complexity index is 438. The van der Waals surface area contributed by atoms with Gasteiger partial charge in [0.05, 0.1) is 5.92 Å². The van der Waals surface area contributed by atoms with E-state index < -0.39 is 0 Å². The number of benzene rings is 1. The molecule has 2 atom stereocenters. The molecule has 2 unspecified atom stereocenters. The van der Waals surface area contributed by atoms with E-state index in [1.807, 2.05) is 31.2 Å². The van der Waals surface area contributed by atoms with E-state index in [0.717, 1.165) is 5.56 Å². The minimum absolute atomic E-state index is 0.102. The molecule has 1 saturated carbocycles. The van der Waals surface area contributed by atoms with E-state index in [9.17, 15) is 4.79 Å². The summed E-state index contributed by atoms with van der Waals surface area (Å²) in [5, 5.41) is 3.16. The molecule has 0 spiro atoms. The third-order valence-corrected chi connectivity index (χ3v) is 4.28. The lowest BCUT2D eigenvalue weighted by Crippen LogP contribution is -2.39. The minimum Gasteiger partial charge on any atom is -0.399 e. The molecule has 3 N–H and O–H groups in total. The summed E-state index contributed by atoms with van der Waals surface area (Å²) in [6.45, 7) is 4.06. The summed E-state index contributed by atoms with van der Waals surface area (Å²) in [5.74, 6) is 0.606. The van der Waals surface area contributed by atoms with Crippen molar-refractivity contribution >= 4 is 11.6 Å². The number of carbonyl (C=O) groups is 1. The number of hydrogen-bond acceptors (Lipinski definition) is 2. The average molecular weight is 260 g/mol. The topological polar surface area (TPSA) is 55.1 Å². The van der Waals surface area contributed by atoms with Gasteiger partial charge in [-0.1, -0.05) is 25.0 Å². The molecule has 19 heavy (non-hydrogen) atoms. The Hall–Kier alpha value is -1.51. The van der Waals surface area contributed by atoms with Gasteiger partial charge in [0, 0.05) is 11.7 Å². The van der Waals surface area contributed by atoms with Gasteiger partial charge < -0.3 is 11.1 Å². The fraction of sp³-hybridized carbons (Fsp3) is 0.562. The minimum atomic E-state index is -0.146. The van der Waals surface area contributed by atoms with Gasteiger partial charge in [-0.2, -0.15) is 0 Å². The number of carbonyl (C=O) groups excluding carboxylic acids is 1. The predicted octanol–water partition coefficient (Wildman–Crippen LogP) is 3.07. The molecular weight excluding hydrogens is 236 g/mol. The summed E-state index contributed by atoms with van der Waals surface area (Å²) in [4.78, 5) is 12.3. The van der Waals surface area contributed by atoms with E-state index in [1.54, 1.807) is 0 Å². The van der Waals surface area contributed by atoms with Gasteiger partial charge >= 0.3 is 0 Å². The Kier molecular flexibility index (Phi) is 4.46. The lowest BCUT2D eigenvalue weighted by molar-refractivity contribution is -0.123. The first-order chi connectivity index (χ1) is 9.08. The number of rotatable bonds is 4. The molecule has 0 aliphatic heterocycles. The van der Waals surface area contributed by atoms with Crippen molar-refractivity contribution in [3.8, 4) is 0 Å². The fourth-order valence-electron chi connectivity index (χ4n) is 2.90. The molecule has 1 aromatic rings. The maximum atomic E-state index is 12.3. The molecule has 0 bridgehead atoms. The third kappa shape index (κ3) is 3.49. The molecule has 0 aromatic heterocycles. The van der Waals surface area contributed by atoms with Gasteiger partial charge in [-0.15, -0.1) is 0 Å². The van der Waals surface area contributed by atoms with Gasteiger partial charge in [0.1, 0.15) is 0 Å². The first-order valence-corrected chi connectivity index (χ1v) is 7.23. The molecule has 104 valence electrons. The molecule has 0 radical (unpaired) electrons. The summed E-state index contributed by atoms with van der Waals surface area (Å²) < 4.78 is 0. The Labute approximate surface area is 115 Å². The standard InChI is InChI=1S/C16H24N2O/c1-11(14-8-5-9-15(17)10-14)16(19)18-12(2)13-6-3-4-7-13/h5,8-13H,3-4,6-7,17H2,1-2H3,(H,18,19). The summed E-state index contributed by atoms with van der Waals surface area (Å²) in [7, 11) is 0. The van der Waals surface area contributed by atoms with Crippen molar-refractivity contribution in [1.82, 2.24) is 5.32 Å². The number of hydrogen-bond donors (Lipinski definition) is 2. The van der Waals surface area contributed by atoms with Crippen LogP contribution in [0.1, 0.15) is 51.0 Å². The SMILES string of the molecule is CC(C(=O)NC(C)C1CCCC1)c1cccc(N)c1.